The van der Waals surface area contributed by atoms with Crippen molar-refractivity contribution in [2.24, 2.45) is 0 Å². The third-order valence-corrected chi connectivity index (χ3v) is 3.06. The standard InChI is InChI=1S/C17H23NO4/c1-4-5-6-15(17(20)21)18-16(19)14-9-7-13(8-10-14)11-22-12(2)3/h4,7-10,12,15H,1,5-6,11H2,2-3H3,(H,18,19)(H,20,21). The number of carboxylic acid groups (broad SMARTS) is 1. The van der Waals surface area contributed by atoms with Crippen molar-refractivity contribution in [1.29, 1.82) is 0 Å². The van der Waals surface area contributed by atoms with Gasteiger partial charge in [-0.15, -0.1) is 6.58 Å². The highest BCUT2D eigenvalue weighted by molar-refractivity contribution is 5.96. The van der Waals surface area contributed by atoms with E-state index in [1.165, 1.54) is 0 Å². The van der Waals surface area contributed by atoms with Crippen LogP contribution in [0.25, 0.3) is 0 Å². The lowest BCUT2D eigenvalue weighted by Crippen LogP contribution is -2.40. The van der Waals surface area contributed by atoms with Gasteiger partial charge in [0.1, 0.15) is 6.04 Å². The average Bonchev–Trinajstić information content (AvgIpc) is 2.49. The lowest BCUT2D eigenvalue weighted by Gasteiger charge is -2.14. The van der Waals surface area contributed by atoms with Crippen LogP contribution in [-0.2, 0) is 16.1 Å². The molecule has 22 heavy (non-hydrogen) atoms. The second kappa shape index (κ2) is 9.00. The van der Waals surface area contributed by atoms with Crippen molar-refractivity contribution in [2.45, 2.75) is 45.4 Å². The molecule has 1 unspecified atom stereocenters. The number of nitrogens with one attached hydrogen (secondary N) is 1. The molecule has 0 saturated carbocycles. The van der Waals surface area contributed by atoms with E-state index in [4.69, 9.17) is 9.84 Å². The number of carbonyl (C=O) groups is 2. The SMILES string of the molecule is C=CCCC(NC(=O)c1ccc(COC(C)C)cc1)C(=O)O. The zero-order valence-corrected chi connectivity index (χ0v) is 13.0. The van der Waals surface area contributed by atoms with Gasteiger partial charge in [-0.3, -0.25) is 4.79 Å². The molecule has 1 amide bonds. The van der Waals surface area contributed by atoms with Crippen LogP contribution < -0.4 is 5.32 Å². The zero-order chi connectivity index (χ0) is 16.5. The number of carboxylic acids is 1. The maximum atomic E-state index is 12.1. The molecule has 0 aliphatic heterocycles. The van der Waals surface area contributed by atoms with E-state index in [0.29, 0.717) is 25.0 Å². The third kappa shape index (κ3) is 6.10. The summed E-state index contributed by atoms with van der Waals surface area (Å²) in [5.74, 6) is -1.44. The fraction of sp³-hybridized carbons (Fsp3) is 0.412. The number of hydrogen-bond acceptors (Lipinski definition) is 3. The lowest BCUT2D eigenvalue weighted by molar-refractivity contribution is -0.139. The Morgan fingerprint density at radius 1 is 1.32 bits per heavy atom. The molecule has 0 spiro atoms. The lowest BCUT2D eigenvalue weighted by atomic mass is 10.1. The Hall–Kier alpha value is -2.14. The molecule has 0 heterocycles. The number of benzene rings is 1. The number of hydrogen-bond donors (Lipinski definition) is 2. The van der Waals surface area contributed by atoms with Crippen LogP contribution in [0.4, 0.5) is 0 Å². The number of rotatable bonds is 9. The van der Waals surface area contributed by atoms with Crippen molar-refractivity contribution in [3.8, 4) is 0 Å². The Bertz CT molecular complexity index is 508. The fourth-order valence-corrected chi connectivity index (χ4v) is 1.80. The molecule has 1 rings (SSSR count). The predicted molar refractivity (Wildman–Crippen MR) is 84.7 cm³/mol. The molecular formula is C17H23NO4. The van der Waals surface area contributed by atoms with Gasteiger partial charge >= 0.3 is 5.97 Å². The quantitative estimate of drug-likeness (QED) is 0.688. The molecule has 5 nitrogen and oxygen atoms in total. The first-order valence-corrected chi connectivity index (χ1v) is 7.29. The highest BCUT2D eigenvalue weighted by Gasteiger charge is 2.19. The van der Waals surface area contributed by atoms with Crippen LogP contribution in [0.2, 0.25) is 0 Å². The molecule has 0 bridgehead atoms. The number of allylic oxidation sites excluding steroid dienone is 1. The van der Waals surface area contributed by atoms with Crippen molar-refractivity contribution >= 4 is 11.9 Å². The summed E-state index contributed by atoms with van der Waals surface area (Å²) >= 11 is 0. The predicted octanol–water partition coefficient (Wildman–Crippen LogP) is 2.76. The maximum absolute atomic E-state index is 12.1. The Balaban J connectivity index is 2.64. The summed E-state index contributed by atoms with van der Waals surface area (Å²) in [4.78, 5) is 23.2. The fourth-order valence-electron chi connectivity index (χ4n) is 1.80. The van der Waals surface area contributed by atoms with E-state index in [1.54, 1.807) is 30.3 Å². The van der Waals surface area contributed by atoms with Crippen LogP contribution in [0, 0.1) is 0 Å². The Morgan fingerprint density at radius 2 is 1.95 bits per heavy atom. The molecule has 5 heteroatoms. The first-order valence-electron chi connectivity index (χ1n) is 7.29. The first-order chi connectivity index (χ1) is 10.4. The summed E-state index contributed by atoms with van der Waals surface area (Å²) in [5.41, 5.74) is 1.39. The van der Waals surface area contributed by atoms with E-state index in [9.17, 15) is 9.59 Å². The van der Waals surface area contributed by atoms with Crippen molar-refractivity contribution < 1.29 is 19.4 Å². The van der Waals surface area contributed by atoms with E-state index in [2.05, 4.69) is 11.9 Å². The second-order valence-corrected chi connectivity index (χ2v) is 5.29. The number of carbonyl (C=O) groups excluding carboxylic acids is 1. The highest BCUT2D eigenvalue weighted by Crippen LogP contribution is 2.08. The smallest absolute Gasteiger partial charge is 0.326 e. The number of aliphatic carboxylic acids is 1. The van der Waals surface area contributed by atoms with Crippen molar-refractivity contribution in [3.05, 3.63) is 48.0 Å². The first kappa shape index (κ1) is 17.9. The molecule has 0 saturated heterocycles. The van der Waals surface area contributed by atoms with Crippen LogP contribution in [0.5, 0.6) is 0 Å². The number of ether oxygens (including phenoxy) is 1. The Morgan fingerprint density at radius 3 is 2.45 bits per heavy atom. The van der Waals surface area contributed by atoms with Gasteiger partial charge in [-0.1, -0.05) is 18.2 Å². The summed E-state index contributed by atoms with van der Waals surface area (Å²) in [6, 6.07) is 6.03. The Labute approximate surface area is 131 Å². The van der Waals surface area contributed by atoms with E-state index in [0.717, 1.165) is 5.56 Å². The molecule has 0 aliphatic carbocycles. The molecule has 1 atom stereocenters. The van der Waals surface area contributed by atoms with Gasteiger partial charge in [0, 0.05) is 5.56 Å². The largest absolute Gasteiger partial charge is 0.480 e. The molecule has 0 radical (unpaired) electrons. The molecule has 0 aromatic heterocycles. The summed E-state index contributed by atoms with van der Waals surface area (Å²) in [7, 11) is 0. The van der Waals surface area contributed by atoms with Crippen molar-refractivity contribution in [1.82, 2.24) is 5.32 Å². The van der Waals surface area contributed by atoms with Crippen LogP contribution in [0.3, 0.4) is 0 Å². The maximum Gasteiger partial charge on any atom is 0.326 e. The van der Waals surface area contributed by atoms with Gasteiger partial charge < -0.3 is 15.2 Å². The van der Waals surface area contributed by atoms with Crippen molar-refractivity contribution in [3.63, 3.8) is 0 Å². The monoisotopic (exact) mass is 305 g/mol. The van der Waals surface area contributed by atoms with Crippen LogP contribution in [0.1, 0.15) is 42.6 Å². The minimum absolute atomic E-state index is 0.143. The topological polar surface area (TPSA) is 75.6 Å². The normalized spacial score (nSPS) is 12.0. The summed E-state index contributed by atoms with van der Waals surface area (Å²) in [5, 5.41) is 11.6. The molecular weight excluding hydrogens is 282 g/mol. The molecule has 2 N–H and O–H groups in total. The van der Waals surface area contributed by atoms with Gasteiger partial charge in [0.05, 0.1) is 12.7 Å². The molecule has 1 aromatic rings. The average molecular weight is 305 g/mol. The van der Waals surface area contributed by atoms with Gasteiger partial charge in [-0.05, 0) is 44.4 Å². The summed E-state index contributed by atoms with van der Waals surface area (Å²) in [6.45, 7) is 7.94. The van der Waals surface area contributed by atoms with E-state index >= 15 is 0 Å². The minimum atomic E-state index is -1.04. The minimum Gasteiger partial charge on any atom is -0.480 e. The zero-order valence-electron chi connectivity index (χ0n) is 13.0. The molecule has 0 fully saturated rings. The second-order valence-electron chi connectivity index (χ2n) is 5.29. The third-order valence-electron chi connectivity index (χ3n) is 3.06. The van der Waals surface area contributed by atoms with Crippen LogP contribution >= 0.6 is 0 Å². The number of amides is 1. The van der Waals surface area contributed by atoms with Gasteiger partial charge in [-0.2, -0.15) is 0 Å². The Kier molecular flexibility index (Phi) is 7.32. The van der Waals surface area contributed by atoms with Crippen LogP contribution in [0.15, 0.2) is 36.9 Å². The summed E-state index contributed by atoms with van der Waals surface area (Å²) < 4.78 is 5.48. The van der Waals surface area contributed by atoms with E-state index < -0.39 is 17.9 Å². The van der Waals surface area contributed by atoms with Gasteiger partial charge in [0.2, 0.25) is 0 Å². The van der Waals surface area contributed by atoms with Gasteiger partial charge in [0.25, 0.3) is 5.91 Å². The van der Waals surface area contributed by atoms with E-state index in [-0.39, 0.29) is 6.10 Å². The van der Waals surface area contributed by atoms with Crippen LogP contribution in [-0.4, -0.2) is 29.1 Å². The van der Waals surface area contributed by atoms with Gasteiger partial charge in [0.15, 0.2) is 0 Å². The highest BCUT2D eigenvalue weighted by atomic mass is 16.5. The van der Waals surface area contributed by atoms with Crippen molar-refractivity contribution in [2.75, 3.05) is 0 Å². The summed E-state index contributed by atoms with van der Waals surface area (Å²) in [6.07, 6.45) is 2.63. The van der Waals surface area contributed by atoms with E-state index in [1.807, 2.05) is 13.8 Å². The van der Waals surface area contributed by atoms with Gasteiger partial charge in [-0.25, -0.2) is 4.79 Å². The molecule has 1 aromatic carbocycles. The molecule has 120 valence electrons. The molecule has 0 aliphatic rings.